The maximum absolute atomic E-state index is 12.7. The van der Waals surface area contributed by atoms with Crippen molar-refractivity contribution in [3.63, 3.8) is 0 Å². The van der Waals surface area contributed by atoms with Gasteiger partial charge in [0.15, 0.2) is 0 Å². The first-order valence-electron chi connectivity index (χ1n) is 10.7. The minimum Gasteiger partial charge on any atom is -0.496 e. The fourth-order valence-corrected chi connectivity index (χ4v) is 4.06. The number of carboxylic acid groups (broad SMARTS) is 1. The van der Waals surface area contributed by atoms with Gasteiger partial charge in [0.2, 0.25) is 0 Å². The highest BCUT2D eigenvalue weighted by Crippen LogP contribution is 2.38. The van der Waals surface area contributed by atoms with Crippen LogP contribution >= 0.6 is 23.2 Å². The monoisotopic (exact) mass is 501 g/mol. The van der Waals surface area contributed by atoms with Gasteiger partial charge in [-0.05, 0) is 41.8 Å². The molecule has 0 aliphatic rings. The van der Waals surface area contributed by atoms with Crippen molar-refractivity contribution in [2.45, 2.75) is 25.8 Å². The quantitative estimate of drug-likeness (QED) is 0.362. The number of methoxy groups -OCH3 is 1. The molecular weight excluding hydrogens is 477 g/mol. The van der Waals surface area contributed by atoms with Crippen LogP contribution in [0.5, 0.6) is 11.5 Å². The molecule has 2 N–H and O–H groups in total. The first-order valence-corrected chi connectivity index (χ1v) is 11.5. The molecule has 0 unspecified atom stereocenters. The average molecular weight is 502 g/mol. The molecule has 0 aliphatic carbocycles. The summed E-state index contributed by atoms with van der Waals surface area (Å²) in [4.78, 5) is 24.5. The van der Waals surface area contributed by atoms with Crippen molar-refractivity contribution < 1.29 is 24.2 Å². The maximum atomic E-state index is 12.7. The van der Waals surface area contributed by atoms with Gasteiger partial charge in [-0.1, -0.05) is 66.5 Å². The summed E-state index contributed by atoms with van der Waals surface area (Å²) in [6.07, 6.45) is 0.950. The van der Waals surface area contributed by atoms with Crippen molar-refractivity contribution >= 4 is 35.1 Å². The number of carboxylic acids is 1. The van der Waals surface area contributed by atoms with Gasteiger partial charge in [0.25, 0.3) is 5.91 Å². The minimum atomic E-state index is -1.17. The molecule has 0 aromatic heterocycles. The lowest BCUT2D eigenvalue weighted by atomic mass is 9.99. The number of carbonyl (C=O) groups excluding carboxylic acids is 1. The third-order valence-corrected chi connectivity index (χ3v) is 5.78. The van der Waals surface area contributed by atoms with Crippen LogP contribution in [0.2, 0.25) is 10.0 Å². The second-order valence-electron chi connectivity index (χ2n) is 7.54. The van der Waals surface area contributed by atoms with Gasteiger partial charge >= 0.3 is 5.97 Å². The van der Waals surface area contributed by atoms with E-state index in [1.54, 1.807) is 13.2 Å². The fourth-order valence-electron chi connectivity index (χ4n) is 3.49. The summed E-state index contributed by atoms with van der Waals surface area (Å²) >= 11 is 12.2. The Hall–Kier alpha value is -3.22. The Bertz CT molecular complexity index is 1140. The van der Waals surface area contributed by atoms with E-state index in [1.165, 1.54) is 12.1 Å². The van der Waals surface area contributed by atoms with Crippen LogP contribution in [0, 0.1) is 0 Å². The molecule has 8 heteroatoms. The molecule has 0 bridgehead atoms. The van der Waals surface area contributed by atoms with E-state index in [4.69, 9.17) is 32.7 Å². The Morgan fingerprint density at radius 3 is 2.18 bits per heavy atom. The molecule has 34 heavy (non-hydrogen) atoms. The van der Waals surface area contributed by atoms with Crippen molar-refractivity contribution in [1.82, 2.24) is 5.32 Å². The number of hydrogen-bond acceptors (Lipinski definition) is 4. The maximum Gasteiger partial charge on any atom is 0.326 e. The number of halogens is 2. The third-order valence-electron chi connectivity index (χ3n) is 5.15. The van der Waals surface area contributed by atoms with Crippen LogP contribution in [-0.2, 0) is 11.2 Å². The van der Waals surface area contributed by atoms with Crippen LogP contribution in [0.1, 0.15) is 29.3 Å². The molecule has 0 heterocycles. The molecular formula is C26H25Cl2NO5. The lowest BCUT2D eigenvalue weighted by Crippen LogP contribution is -2.42. The Morgan fingerprint density at radius 2 is 1.59 bits per heavy atom. The summed E-state index contributed by atoms with van der Waals surface area (Å²) in [6.45, 7) is 2.61. The molecule has 3 aromatic carbocycles. The van der Waals surface area contributed by atoms with Crippen molar-refractivity contribution in [3.05, 3.63) is 81.8 Å². The molecule has 3 rings (SSSR count). The van der Waals surface area contributed by atoms with Gasteiger partial charge < -0.3 is 19.9 Å². The molecule has 0 saturated carbocycles. The summed E-state index contributed by atoms with van der Waals surface area (Å²) in [6, 6.07) is 16.5. The largest absolute Gasteiger partial charge is 0.496 e. The average Bonchev–Trinajstić information content (AvgIpc) is 2.82. The summed E-state index contributed by atoms with van der Waals surface area (Å²) in [5.74, 6) is -0.429. The van der Waals surface area contributed by atoms with Crippen molar-refractivity contribution in [3.8, 4) is 22.6 Å². The highest BCUT2D eigenvalue weighted by Gasteiger charge is 2.24. The van der Waals surface area contributed by atoms with Gasteiger partial charge in [0.05, 0.1) is 34.9 Å². The molecule has 6 nitrogen and oxygen atoms in total. The second-order valence-corrected chi connectivity index (χ2v) is 8.36. The molecule has 0 spiro atoms. The van der Waals surface area contributed by atoms with Crippen LogP contribution in [-0.4, -0.2) is 36.7 Å². The molecule has 1 atom stereocenters. The Kier molecular flexibility index (Phi) is 8.79. The zero-order valence-corrected chi connectivity index (χ0v) is 20.3. The van der Waals surface area contributed by atoms with Crippen LogP contribution in [0.4, 0.5) is 0 Å². The van der Waals surface area contributed by atoms with Crippen molar-refractivity contribution in [1.29, 1.82) is 0 Å². The van der Waals surface area contributed by atoms with Gasteiger partial charge in [0.1, 0.15) is 17.5 Å². The zero-order valence-electron chi connectivity index (χ0n) is 18.8. The first kappa shape index (κ1) is 25.4. The number of benzene rings is 3. The van der Waals surface area contributed by atoms with Crippen LogP contribution in [0.3, 0.4) is 0 Å². The highest BCUT2D eigenvalue weighted by molar-refractivity contribution is 6.39. The number of nitrogens with one attached hydrogen (secondary N) is 1. The standard InChI is InChI=1S/C26H25Cl2NO5/c1-3-14-34-22-9-5-8-21(33-2)23(22)17-12-10-16(11-13-17)15-20(26(31)32)29-25(30)24-18(27)6-4-7-19(24)28/h4-13,20H,3,14-15H2,1-2H3,(H,29,30)(H,31,32)/t20-/m0/s1. The molecule has 0 saturated heterocycles. The molecule has 0 fully saturated rings. The highest BCUT2D eigenvalue weighted by atomic mass is 35.5. The summed E-state index contributed by atoms with van der Waals surface area (Å²) < 4.78 is 11.4. The lowest BCUT2D eigenvalue weighted by molar-refractivity contribution is -0.139. The van der Waals surface area contributed by atoms with Gasteiger partial charge in [-0.3, -0.25) is 4.79 Å². The molecule has 0 aliphatic heterocycles. The summed E-state index contributed by atoms with van der Waals surface area (Å²) in [5, 5.41) is 12.5. The van der Waals surface area contributed by atoms with Gasteiger partial charge in [-0.2, -0.15) is 0 Å². The zero-order chi connectivity index (χ0) is 24.7. The van der Waals surface area contributed by atoms with E-state index in [0.717, 1.165) is 23.1 Å². The Labute approximate surface area is 208 Å². The molecule has 178 valence electrons. The lowest BCUT2D eigenvalue weighted by Gasteiger charge is -2.17. The number of amides is 1. The molecule has 1 amide bonds. The summed E-state index contributed by atoms with van der Waals surface area (Å²) in [7, 11) is 1.60. The minimum absolute atomic E-state index is 0.0446. The van der Waals surface area contributed by atoms with E-state index in [2.05, 4.69) is 5.32 Å². The number of rotatable bonds is 10. The smallest absolute Gasteiger partial charge is 0.326 e. The van der Waals surface area contributed by atoms with E-state index in [9.17, 15) is 14.7 Å². The van der Waals surface area contributed by atoms with Gasteiger partial charge in [-0.25, -0.2) is 4.79 Å². The van der Waals surface area contributed by atoms with Gasteiger partial charge in [0, 0.05) is 6.42 Å². The van der Waals surface area contributed by atoms with Crippen LogP contribution < -0.4 is 14.8 Å². The number of ether oxygens (including phenoxy) is 2. The second kappa shape index (κ2) is 11.8. The first-order chi connectivity index (χ1) is 16.3. The van der Waals surface area contributed by atoms with E-state index in [1.807, 2.05) is 49.4 Å². The topological polar surface area (TPSA) is 84.9 Å². The normalized spacial score (nSPS) is 11.5. The van der Waals surface area contributed by atoms with Crippen molar-refractivity contribution in [2.24, 2.45) is 0 Å². The number of aliphatic carboxylic acids is 1. The molecule has 3 aromatic rings. The fraction of sp³-hybridized carbons (Fsp3) is 0.231. The number of carbonyl (C=O) groups is 2. The van der Waals surface area contributed by atoms with Crippen molar-refractivity contribution in [2.75, 3.05) is 13.7 Å². The number of hydrogen-bond donors (Lipinski definition) is 2. The molecule has 0 radical (unpaired) electrons. The Balaban J connectivity index is 1.82. The van der Waals surface area contributed by atoms with E-state index in [-0.39, 0.29) is 22.0 Å². The third kappa shape index (κ3) is 6.01. The SMILES string of the molecule is CCCOc1cccc(OC)c1-c1ccc(C[C@H](NC(=O)c2c(Cl)cccc2Cl)C(=O)O)cc1. The predicted octanol–water partition coefficient (Wildman–Crippen LogP) is 5.88. The van der Waals surface area contributed by atoms with Crippen LogP contribution in [0.15, 0.2) is 60.7 Å². The predicted molar refractivity (Wildman–Crippen MR) is 133 cm³/mol. The van der Waals surface area contributed by atoms with E-state index in [0.29, 0.717) is 18.1 Å². The Morgan fingerprint density at radius 1 is 0.971 bits per heavy atom. The van der Waals surface area contributed by atoms with E-state index >= 15 is 0 Å². The van der Waals surface area contributed by atoms with E-state index < -0.39 is 17.9 Å². The summed E-state index contributed by atoms with van der Waals surface area (Å²) in [5.41, 5.74) is 2.46. The van der Waals surface area contributed by atoms with Crippen LogP contribution in [0.25, 0.3) is 11.1 Å². The van der Waals surface area contributed by atoms with Gasteiger partial charge in [-0.15, -0.1) is 0 Å².